The van der Waals surface area contributed by atoms with Gasteiger partial charge < -0.3 is 24.9 Å². The molecule has 1 amide bonds. The fraction of sp³-hybridized carbons (Fsp3) is 0.348. The SMILES string of the molecule is CC(C)Cn1c(=O)c(C#N)c(N2CCN(C(=O)c3ccco3)CC2)c2ccccc21.N. The predicted molar refractivity (Wildman–Crippen MR) is 120 cm³/mol. The van der Waals surface area contributed by atoms with Crippen LogP contribution in [0.3, 0.4) is 0 Å². The van der Waals surface area contributed by atoms with Crippen molar-refractivity contribution >= 4 is 22.5 Å². The summed E-state index contributed by atoms with van der Waals surface area (Å²) in [6, 6.07) is 13.2. The smallest absolute Gasteiger partial charge is 0.289 e. The predicted octanol–water partition coefficient (Wildman–Crippen LogP) is 3.25. The van der Waals surface area contributed by atoms with Crippen molar-refractivity contribution in [1.82, 2.24) is 15.6 Å². The number of carbonyl (C=O) groups excluding carboxylic acids is 1. The van der Waals surface area contributed by atoms with Crippen LogP contribution >= 0.6 is 0 Å². The number of pyridine rings is 1. The summed E-state index contributed by atoms with van der Waals surface area (Å²) in [4.78, 5) is 29.5. The molecule has 0 atom stereocenters. The molecule has 0 saturated carbocycles. The third-order valence-corrected chi connectivity index (χ3v) is 5.42. The molecule has 3 heterocycles. The lowest BCUT2D eigenvalue weighted by Crippen LogP contribution is -2.49. The number of para-hydroxylation sites is 1. The monoisotopic (exact) mass is 421 g/mol. The highest BCUT2D eigenvalue weighted by atomic mass is 16.3. The van der Waals surface area contributed by atoms with E-state index in [4.69, 9.17) is 4.42 Å². The lowest BCUT2D eigenvalue weighted by atomic mass is 10.1. The number of fused-ring (bicyclic) bond motifs is 1. The van der Waals surface area contributed by atoms with Crippen LogP contribution < -0.4 is 16.6 Å². The first kappa shape index (κ1) is 22.1. The first-order valence-corrected chi connectivity index (χ1v) is 10.1. The number of amides is 1. The van der Waals surface area contributed by atoms with E-state index in [1.807, 2.05) is 29.2 Å². The Morgan fingerprint density at radius 3 is 2.45 bits per heavy atom. The minimum absolute atomic E-state index is 0. The average Bonchev–Trinajstić information content (AvgIpc) is 3.29. The molecule has 0 radical (unpaired) electrons. The van der Waals surface area contributed by atoms with Crippen molar-refractivity contribution in [2.75, 3.05) is 31.1 Å². The van der Waals surface area contributed by atoms with E-state index in [-0.39, 0.29) is 29.1 Å². The van der Waals surface area contributed by atoms with Crippen LogP contribution in [-0.4, -0.2) is 41.6 Å². The fourth-order valence-corrected chi connectivity index (χ4v) is 4.05. The van der Waals surface area contributed by atoms with Gasteiger partial charge in [-0.1, -0.05) is 32.0 Å². The number of furan rings is 1. The number of nitrogens with zero attached hydrogens (tertiary/aromatic N) is 4. The number of benzene rings is 1. The Hall–Kier alpha value is -3.57. The molecule has 162 valence electrons. The van der Waals surface area contributed by atoms with Crippen molar-refractivity contribution in [3.8, 4) is 6.07 Å². The average molecular weight is 422 g/mol. The molecule has 1 aliphatic heterocycles. The molecule has 1 aliphatic rings. The number of carbonyl (C=O) groups is 1. The Morgan fingerprint density at radius 1 is 1.13 bits per heavy atom. The molecule has 31 heavy (non-hydrogen) atoms. The van der Waals surface area contributed by atoms with Gasteiger partial charge in [0.05, 0.1) is 17.5 Å². The second-order valence-electron chi connectivity index (χ2n) is 7.92. The molecule has 8 heteroatoms. The van der Waals surface area contributed by atoms with E-state index in [1.165, 1.54) is 6.26 Å². The lowest BCUT2D eigenvalue weighted by molar-refractivity contribution is 0.0715. The Morgan fingerprint density at radius 2 is 1.84 bits per heavy atom. The molecule has 3 aromatic rings. The zero-order valence-corrected chi connectivity index (χ0v) is 17.9. The van der Waals surface area contributed by atoms with Crippen molar-refractivity contribution in [2.24, 2.45) is 5.92 Å². The minimum atomic E-state index is -0.256. The normalized spacial score (nSPS) is 13.9. The van der Waals surface area contributed by atoms with Gasteiger partial charge in [0, 0.05) is 38.1 Å². The molecule has 1 fully saturated rings. The van der Waals surface area contributed by atoms with Gasteiger partial charge in [0.2, 0.25) is 0 Å². The summed E-state index contributed by atoms with van der Waals surface area (Å²) < 4.78 is 6.93. The van der Waals surface area contributed by atoms with Crippen LogP contribution in [0.15, 0.2) is 51.9 Å². The Kier molecular flexibility index (Phi) is 6.47. The van der Waals surface area contributed by atoms with Crippen molar-refractivity contribution in [2.45, 2.75) is 20.4 Å². The molecule has 0 bridgehead atoms. The molecule has 1 saturated heterocycles. The number of rotatable bonds is 4. The van der Waals surface area contributed by atoms with Crippen LogP contribution in [0.25, 0.3) is 10.9 Å². The topological polar surface area (TPSA) is 117 Å². The highest BCUT2D eigenvalue weighted by Gasteiger charge is 2.27. The molecular weight excluding hydrogens is 394 g/mol. The van der Waals surface area contributed by atoms with Crippen molar-refractivity contribution in [3.05, 3.63) is 64.3 Å². The molecule has 1 aromatic carbocycles. The zero-order chi connectivity index (χ0) is 21.3. The molecule has 3 N–H and O–H groups in total. The van der Waals surface area contributed by atoms with Crippen LogP contribution in [-0.2, 0) is 6.54 Å². The summed E-state index contributed by atoms with van der Waals surface area (Å²) in [5.74, 6) is 0.458. The number of piperazine rings is 1. The van der Waals surface area contributed by atoms with Gasteiger partial charge in [0.15, 0.2) is 5.76 Å². The molecule has 8 nitrogen and oxygen atoms in total. The van der Waals surface area contributed by atoms with Gasteiger partial charge in [0.1, 0.15) is 11.6 Å². The van der Waals surface area contributed by atoms with E-state index in [1.54, 1.807) is 21.6 Å². The summed E-state index contributed by atoms with van der Waals surface area (Å²) in [5, 5.41) is 10.7. The van der Waals surface area contributed by atoms with Crippen LogP contribution in [0.5, 0.6) is 0 Å². The lowest BCUT2D eigenvalue weighted by Gasteiger charge is -2.36. The van der Waals surface area contributed by atoms with Gasteiger partial charge in [-0.25, -0.2) is 0 Å². The van der Waals surface area contributed by atoms with Crippen LogP contribution in [0.1, 0.15) is 30.0 Å². The second kappa shape index (κ2) is 9.06. The van der Waals surface area contributed by atoms with E-state index in [2.05, 4.69) is 19.9 Å². The number of anilines is 1. The van der Waals surface area contributed by atoms with Crippen molar-refractivity contribution < 1.29 is 9.21 Å². The molecule has 2 aromatic heterocycles. The first-order valence-electron chi connectivity index (χ1n) is 10.1. The van der Waals surface area contributed by atoms with E-state index in [9.17, 15) is 14.9 Å². The molecule has 0 aliphatic carbocycles. The number of hydrogen-bond donors (Lipinski definition) is 1. The van der Waals surface area contributed by atoms with E-state index in [0.29, 0.717) is 44.2 Å². The summed E-state index contributed by atoms with van der Waals surface area (Å²) >= 11 is 0. The second-order valence-corrected chi connectivity index (χ2v) is 7.92. The molecule has 0 spiro atoms. The Labute approximate surface area is 180 Å². The van der Waals surface area contributed by atoms with Gasteiger partial charge >= 0.3 is 0 Å². The van der Waals surface area contributed by atoms with Crippen LogP contribution in [0.2, 0.25) is 0 Å². The maximum atomic E-state index is 13.2. The van der Waals surface area contributed by atoms with Crippen LogP contribution in [0.4, 0.5) is 5.69 Å². The van der Waals surface area contributed by atoms with E-state index < -0.39 is 0 Å². The van der Waals surface area contributed by atoms with Gasteiger partial charge in [-0.2, -0.15) is 5.26 Å². The largest absolute Gasteiger partial charge is 0.459 e. The fourth-order valence-electron chi connectivity index (χ4n) is 4.05. The third kappa shape index (κ3) is 4.05. The maximum absolute atomic E-state index is 13.2. The molecular formula is C23H27N5O3. The quantitative estimate of drug-likeness (QED) is 0.691. The standard InChI is InChI=1S/C23H24N4O3.H3N/c1-16(2)15-27-19-7-4-3-6-17(19)21(18(14-24)22(27)28)25-9-11-26(12-10-25)23(29)20-8-5-13-30-20;/h3-8,13,16H,9-12,15H2,1-2H3;1H3. The summed E-state index contributed by atoms with van der Waals surface area (Å²) in [7, 11) is 0. The highest BCUT2D eigenvalue weighted by Crippen LogP contribution is 2.30. The van der Waals surface area contributed by atoms with E-state index >= 15 is 0 Å². The Balaban J connectivity index is 0.00000272. The van der Waals surface area contributed by atoms with Crippen LogP contribution in [0, 0.1) is 17.2 Å². The van der Waals surface area contributed by atoms with Gasteiger partial charge in [-0.3, -0.25) is 9.59 Å². The molecule has 0 unspecified atom stereocenters. The van der Waals surface area contributed by atoms with Crippen molar-refractivity contribution in [3.63, 3.8) is 0 Å². The van der Waals surface area contributed by atoms with Crippen molar-refractivity contribution in [1.29, 1.82) is 5.26 Å². The summed E-state index contributed by atoms with van der Waals surface area (Å²) in [5.41, 5.74) is 1.41. The van der Waals surface area contributed by atoms with Gasteiger partial charge in [-0.15, -0.1) is 0 Å². The van der Waals surface area contributed by atoms with Gasteiger partial charge in [-0.05, 0) is 24.1 Å². The third-order valence-electron chi connectivity index (χ3n) is 5.42. The van der Waals surface area contributed by atoms with Gasteiger partial charge in [0.25, 0.3) is 11.5 Å². The summed E-state index contributed by atoms with van der Waals surface area (Å²) in [6.07, 6.45) is 1.49. The van der Waals surface area contributed by atoms with E-state index in [0.717, 1.165) is 10.9 Å². The maximum Gasteiger partial charge on any atom is 0.289 e. The minimum Gasteiger partial charge on any atom is -0.459 e. The number of aromatic nitrogens is 1. The molecule has 4 rings (SSSR count). The highest BCUT2D eigenvalue weighted by molar-refractivity contribution is 5.95. The number of nitriles is 1. The number of hydrogen-bond acceptors (Lipinski definition) is 6. The zero-order valence-electron chi connectivity index (χ0n) is 17.9. The Bertz CT molecular complexity index is 1170. The first-order chi connectivity index (χ1) is 14.5. The summed E-state index contributed by atoms with van der Waals surface area (Å²) in [6.45, 7) is 6.73.